The molecule has 146 valence electrons. The van der Waals surface area contributed by atoms with Gasteiger partial charge in [-0.05, 0) is 78.4 Å². The summed E-state index contributed by atoms with van der Waals surface area (Å²) in [5, 5.41) is 8.51. The van der Waals surface area contributed by atoms with Gasteiger partial charge >= 0.3 is 0 Å². The van der Waals surface area contributed by atoms with Crippen LogP contribution in [0.15, 0.2) is 45.6 Å². The summed E-state index contributed by atoms with van der Waals surface area (Å²) in [6.45, 7) is 6.06. The lowest BCUT2D eigenvalue weighted by atomic mass is 10.2. The number of carbonyl (C=O) groups excluding carboxylic acids is 1. The maximum Gasteiger partial charge on any atom is 0.257 e. The van der Waals surface area contributed by atoms with Crippen molar-refractivity contribution in [2.75, 3.05) is 23.3 Å². The molecule has 2 aromatic heterocycles. The first-order valence-corrected chi connectivity index (χ1v) is 11.6. The maximum absolute atomic E-state index is 12.4. The number of amides is 1. The van der Waals surface area contributed by atoms with Gasteiger partial charge in [0.15, 0.2) is 10.2 Å². The highest BCUT2D eigenvalue weighted by Crippen LogP contribution is 2.33. The van der Waals surface area contributed by atoms with Gasteiger partial charge in [-0.2, -0.15) is 0 Å². The van der Waals surface area contributed by atoms with Gasteiger partial charge in [-0.25, -0.2) is 4.98 Å². The highest BCUT2D eigenvalue weighted by molar-refractivity contribution is 9.11. The standard InChI is InChI=1S/C19H19BrN4OS3/c1-3-24(4-2)13-7-5-12(6-8-13)17(25)22-18(26)23-19-21-14(11-27-19)15-9-10-16(20)28-15/h5-11H,3-4H2,1-2H3,(H2,21,22,23,25,26). The predicted octanol–water partition coefficient (Wildman–Crippen LogP) is 5.61. The first-order chi connectivity index (χ1) is 13.5. The molecule has 0 saturated carbocycles. The fourth-order valence-corrected chi connectivity index (χ4v) is 5.00. The molecule has 0 saturated heterocycles. The number of thiocarbonyl (C=S) groups is 1. The van der Waals surface area contributed by atoms with Crippen LogP contribution in [0, 0.1) is 0 Å². The van der Waals surface area contributed by atoms with E-state index in [0.717, 1.165) is 33.1 Å². The van der Waals surface area contributed by atoms with Crippen molar-refractivity contribution in [3.63, 3.8) is 0 Å². The molecule has 0 aliphatic rings. The average Bonchev–Trinajstić information content (AvgIpc) is 3.32. The van der Waals surface area contributed by atoms with Crippen molar-refractivity contribution >= 4 is 72.7 Å². The van der Waals surface area contributed by atoms with Crippen LogP contribution in [0.5, 0.6) is 0 Å². The monoisotopic (exact) mass is 494 g/mol. The zero-order valence-electron chi connectivity index (χ0n) is 15.4. The lowest BCUT2D eigenvalue weighted by Gasteiger charge is -2.21. The molecular formula is C19H19BrN4OS3. The quantitative estimate of drug-likeness (QED) is 0.436. The minimum Gasteiger partial charge on any atom is -0.372 e. The SMILES string of the molecule is CCN(CC)c1ccc(C(=O)NC(=S)Nc2nc(-c3ccc(Br)s3)cs2)cc1. The minimum absolute atomic E-state index is 0.228. The molecule has 1 amide bonds. The Labute approximate surface area is 185 Å². The topological polar surface area (TPSA) is 57.3 Å². The Morgan fingerprint density at radius 1 is 1.18 bits per heavy atom. The number of benzene rings is 1. The van der Waals surface area contributed by atoms with Crippen molar-refractivity contribution in [1.29, 1.82) is 0 Å². The Bertz CT molecular complexity index is 964. The normalized spacial score (nSPS) is 10.5. The third-order valence-electron chi connectivity index (χ3n) is 4.04. The molecule has 0 atom stereocenters. The molecule has 3 rings (SSSR count). The first kappa shape index (κ1) is 20.9. The van der Waals surface area contributed by atoms with E-state index < -0.39 is 0 Å². The summed E-state index contributed by atoms with van der Waals surface area (Å²) in [4.78, 5) is 20.2. The Balaban J connectivity index is 1.59. The van der Waals surface area contributed by atoms with Gasteiger partial charge in [-0.3, -0.25) is 10.1 Å². The number of aromatic nitrogens is 1. The molecule has 9 heteroatoms. The lowest BCUT2D eigenvalue weighted by Crippen LogP contribution is -2.34. The number of thiazole rings is 1. The number of thiophene rings is 1. The lowest BCUT2D eigenvalue weighted by molar-refractivity contribution is 0.0978. The Kier molecular flexibility index (Phi) is 7.17. The molecule has 28 heavy (non-hydrogen) atoms. The van der Waals surface area contributed by atoms with Crippen LogP contribution in [0.1, 0.15) is 24.2 Å². The van der Waals surface area contributed by atoms with E-state index in [9.17, 15) is 4.79 Å². The number of nitrogens with one attached hydrogen (secondary N) is 2. The molecule has 2 heterocycles. The summed E-state index contributed by atoms with van der Waals surface area (Å²) in [5.41, 5.74) is 2.53. The number of hydrogen-bond acceptors (Lipinski definition) is 6. The number of hydrogen-bond donors (Lipinski definition) is 2. The third kappa shape index (κ3) is 5.16. The van der Waals surface area contributed by atoms with Gasteiger partial charge in [0, 0.05) is 29.7 Å². The Morgan fingerprint density at radius 2 is 1.89 bits per heavy atom. The zero-order valence-corrected chi connectivity index (χ0v) is 19.4. The Morgan fingerprint density at radius 3 is 2.50 bits per heavy atom. The molecule has 0 radical (unpaired) electrons. The highest BCUT2D eigenvalue weighted by Gasteiger charge is 2.12. The largest absolute Gasteiger partial charge is 0.372 e. The molecule has 5 nitrogen and oxygen atoms in total. The number of rotatable bonds is 6. The second-order valence-electron chi connectivity index (χ2n) is 5.77. The van der Waals surface area contributed by atoms with Crippen molar-refractivity contribution < 1.29 is 4.79 Å². The summed E-state index contributed by atoms with van der Waals surface area (Å²) < 4.78 is 1.06. The Hall–Kier alpha value is -1.81. The van der Waals surface area contributed by atoms with E-state index in [4.69, 9.17) is 12.2 Å². The van der Waals surface area contributed by atoms with E-state index in [2.05, 4.69) is 50.3 Å². The molecular weight excluding hydrogens is 476 g/mol. The number of anilines is 2. The fraction of sp³-hybridized carbons (Fsp3) is 0.211. The molecule has 0 spiro atoms. The molecule has 0 aliphatic carbocycles. The van der Waals surface area contributed by atoms with Gasteiger partial charge in [-0.15, -0.1) is 22.7 Å². The van der Waals surface area contributed by atoms with Crippen LogP contribution in [0.4, 0.5) is 10.8 Å². The van der Waals surface area contributed by atoms with E-state index >= 15 is 0 Å². The average molecular weight is 495 g/mol. The van der Waals surface area contributed by atoms with Crippen LogP contribution in [0.25, 0.3) is 10.6 Å². The third-order valence-corrected chi connectivity index (χ3v) is 6.64. The fourth-order valence-electron chi connectivity index (χ4n) is 2.61. The minimum atomic E-state index is -0.248. The molecule has 3 aromatic rings. The van der Waals surface area contributed by atoms with Crippen molar-refractivity contribution in [2.45, 2.75) is 13.8 Å². The predicted molar refractivity (Wildman–Crippen MR) is 127 cm³/mol. The van der Waals surface area contributed by atoms with Gasteiger partial charge in [-0.1, -0.05) is 0 Å². The highest BCUT2D eigenvalue weighted by atomic mass is 79.9. The molecule has 0 aliphatic heterocycles. The van der Waals surface area contributed by atoms with Crippen molar-refractivity contribution in [3.05, 3.63) is 51.1 Å². The van der Waals surface area contributed by atoms with E-state index in [1.807, 2.05) is 41.8 Å². The van der Waals surface area contributed by atoms with Gasteiger partial charge in [0.05, 0.1) is 14.4 Å². The van der Waals surface area contributed by atoms with Gasteiger partial charge in [0.25, 0.3) is 5.91 Å². The summed E-state index contributed by atoms with van der Waals surface area (Å²) in [5.74, 6) is -0.248. The van der Waals surface area contributed by atoms with E-state index in [0.29, 0.717) is 10.7 Å². The second-order valence-corrected chi connectivity index (χ2v) is 9.50. The van der Waals surface area contributed by atoms with Crippen LogP contribution in [-0.2, 0) is 0 Å². The van der Waals surface area contributed by atoms with Gasteiger partial charge in [0.2, 0.25) is 0 Å². The molecule has 0 bridgehead atoms. The zero-order chi connectivity index (χ0) is 20.1. The number of nitrogens with zero attached hydrogens (tertiary/aromatic N) is 2. The van der Waals surface area contributed by atoms with Crippen LogP contribution >= 0.6 is 50.8 Å². The van der Waals surface area contributed by atoms with Crippen LogP contribution in [-0.4, -0.2) is 29.1 Å². The van der Waals surface area contributed by atoms with Crippen LogP contribution in [0.3, 0.4) is 0 Å². The second kappa shape index (κ2) is 9.60. The van der Waals surface area contributed by atoms with E-state index in [-0.39, 0.29) is 11.0 Å². The molecule has 0 unspecified atom stereocenters. The van der Waals surface area contributed by atoms with Crippen LogP contribution in [0.2, 0.25) is 0 Å². The van der Waals surface area contributed by atoms with Crippen molar-refractivity contribution in [1.82, 2.24) is 10.3 Å². The van der Waals surface area contributed by atoms with Crippen molar-refractivity contribution in [2.24, 2.45) is 0 Å². The summed E-state index contributed by atoms with van der Waals surface area (Å²) in [6.07, 6.45) is 0. The summed E-state index contributed by atoms with van der Waals surface area (Å²) in [6, 6.07) is 11.5. The van der Waals surface area contributed by atoms with Gasteiger partial charge in [0.1, 0.15) is 0 Å². The number of carbonyl (C=O) groups is 1. The van der Waals surface area contributed by atoms with E-state index in [1.54, 1.807) is 11.3 Å². The van der Waals surface area contributed by atoms with Crippen molar-refractivity contribution in [3.8, 4) is 10.6 Å². The molecule has 1 aromatic carbocycles. The first-order valence-electron chi connectivity index (χ1n) is 8.68. The summed E-state index contributed by atoms with van der Waals surface area (Å²) >= 11 is 11.8. The van der Waals surface area contributed by atoms with Gasteiger partial charge < -0.3 is 10.2 Å². The number of halogens is 1. The maximum atomic E-state index is 12.4. The molecule has 2 N–H and O–H groups in total. The van der Waals surface area contributed by atoms with E-state index in [1.165, 1.54) is 11.3 Å². The molecule has 0 fully saturated rings. The smallest absolute Gasteiger partial charge is 0.257 e. The summed E-state index contributed by atoms with van der Waals surface area (Å²) in [7, 11) is 0. The van der Waals surface area contributed by atoms with Crippen LogP contribution < -0.4 is 15.5 Å².